The van der Waals surface area contributed by atoms with Crippen LogP contribution in [-0.4, -0.2) is 44.8 Å². The van der Waals surface area contributed by atoms with Crippen LogP contribution in [0.4, 0.5) is 0 Å². The van der Waals surface area contributed by atoms with Crippen molar-refractivity contribution in [2.45, 2.75) is 13.8 Å². The number of Topliss-reactive ketones (excluding diaryl/α,β-unsaturated/α-hetero) is 3. The summed E-state index contributed by atoms with van der Waals surface area (Å²) in [6, 6.07) is 8.73. The molecule has 2 rings (SSSR count). The molecule has 2 aromatic carbocycles. The Labute approximate surface area is 163 Å². The van der Waals surface area contributed by atoms with Crippen LogP contribution in [0.3, 0.4) is 0 Å². The van der Waals surface area contributed by atoms with Crippen LogP contribution >= 0.6 is 0 Å². The molecule has 0 aliphatic rings. The molecule has 7 heteroatoms. The number of ketones is 3. The number of methoxy groups -OCH3 is 2. The van der Waals surface area contributed by atoms with Gasteiger partial charge in [-0.1, -0.05) is 0 Å². The molecule has 0 fully saturated rings. The molecule has 28 heavy (non-hydrogen) atoms. The fraction of sp³-hybridized carbons (Fsp3) is 0.286. The molecule has 0 amide bonds. The number of carbonyl (C=O) groups excluding carboxylic acids is 3. The third-order valence-electron chi connectivity index (χ3n) is 3.87. The molecule has 0 N–H and O–H groups in total. The van der Waals surface area contributed by atoms with Crippen molar-refractivity contribution in [3.8, 4) is 23.0 Å². The maximum Gasteiger partial charge on any atom is 0.274 e. The van der Waals surface area contributed by atoms with E-state index < -0.39 is 17.3 Å². The number of rotatable bonds is 10. The van der Waals surface area contributed by atoms with E-state index in [1.165, 1.54) is 50.6 Å². The van der Waals surface area contributed by atoms with E-state index in [9.17, 15) is 14.4 Å². The van der Waals surface area contributed by atoms with Crippen molar-refractivity contribution in [3.05, 3.63) is 47.5 Å². The van der Waals surface area contributed by atoms with E-state index in [-0.39, 0.29) is 16.9 Å². The third kappa shape index (κ3) is 4.49. The Morgan fingerprint density at radius 3 is 2.04 bits per heavy atom. The van der Waals surface area contributed by atoms with E-state index in [0.29, 0.717) is 30.5 Å². The van der Waals surface area contributed by atoms with Gasteiger partial charge in [0.1, 0.15) is 11.5 Å². The third-order valence-corrected chi connectivity index (χ3v) is 3.87. The Kier molecular flexibility index (Phi) is 7.14. The molecule has 0 saturated carbocycles. The predicted octanol–water partition coefficient (Wildman–Crippen LogP) is 3.14. The van der Waals surface area contributed by atoms with Gasteiger partial charge in [-0.15, -0.1) is 0 Å². The topological polar surface area (TPSA) is 88.1 Å². The molecule has 2 aromatic rings. The standard InChI is InChI=1S/C21H22O7/c1-5-27-14-8-9-15(17(12-14)25-3)20(23)21(24)19(22)13-7-10-16(28-6-2)18(11-13)26-4/h7-12H,5-6H2,1-4H3. The van der Waals surface area contributed by atoms with Crippen LogP contribution in [0.5, 0.6) is 23.0 Å². The Morgan fingerprint density at radius 1 is 0.750 bits per heavy atom. The lowest BCUT2D eigenvalue weighted by atomic mass is 9.99. The minimum Gasteiger partial charge on any atom is -0.496 e. The SMILES string of the molecule is CCOc1ccc(C(=O)C(=O)C(=O)c2ccc(OCC)c(OC)c2)c(OC)c1. The fourth-order valence-corrected chi connectivity index (χ4v) is 2.56. The maximum absolute atomic E-state index is 12.6. The lowest BCUT2D eigenvalue weighted by molar-refractivity contribution is -0.111. The van der Waals surface area contributed by atoms with Crippen LogP contribution in [0.15, 0.2) is 36.4 Å². The summed E-state index contributed by atoms with van der Waals surface area (Å²) in [4.78, 5) is 37.6. The molecule has 0 unspecified atom stereocenters. The summed E-state index contributed by atoms with van der Waals surface area (Å²) >= 11 is 0. The van der Waals surface area contributed by atoms with E-state index in [1.54, 1.807) is 0 Å². The average molecular weight is 386 g/mol. The highest BCUT2D eigenvalue weighted by Crippen LogP contribution is 2.29. The maximum atomic E-state index is 12.6. The largest absolute Gasteiger partial charge is 0.496 e. The predicted molar refractivity (Wildman–Crippen MR) is 102 cm³/mol. The highest BCUT2D eigenvalue weighted by atomic mass is 16.5. The monoisotopic (exact) mass is 386 g/mol. The first-order chi connectivity index (χ1) is 13.5. The summed E-state index contributed by atoms with van der Waals surface area (Å²) in [5.74, 6) is -1.69. The van der Waals surface area contributed by atoms with Crippen LogP contribution in [0.1, 0.15) is 34.6 Å². The Hall–Kier alpha value is -3.35. The van der Waals surface area contributed by atoms with Gasteiger partial charge >= 0.3 is 0 Å². The van der Waals surface area contributed by atoms with E-state index >= 15 is 0 Å². The van der Waals surface area contributed by atoms with Crippen molar-refractivity contribution in [1.82, 2.24) is 0 Å². The molecule has 0 atom stereocenters. The second-order valence-corrected chi connectivity index (χ2v) is 5.58. The first-order valence-corrected chi connectivity index (χ1v) is 8.71. The quantitative estimate of drug-likeness (QED) is 0.352. The molecular formula is C21H22O7. The van der Waals surface area contributed by atoms with Gasteiger partial charge < -0.3 is 18.9 Å². The average Bonchev–Trinajstić information content (AvgIpc) is 2.72. The van der Waals surface area contributed by atoms with Gasteiger partial charge in [0, 0.05) is 11.6 Å². The Balaban J connectivity index is 2.30. The van der Waals surface area contributed by atoms with E-state index in [1.807, 2.05) is 13.8 Å². The van der Waals surface area contributed by atoms with Gasteiger partial charge in [-0.05, 0) is 44.2 Å². The van der Waals surface area contributed by atoms with Gasteiger partial charge in [-0.2, -0.15) is 0 Å². The summed E-state index contributed by atoms with van der Waals surface area (Å²) in [6.45, 7) is 4.48. The zero-order chi connectivity index (χ0) is 20.7. The molecular weight excluding hydrogens is 364 g/mol. The zero-order valence-electron chi connectivity index (χ0n) is 16.2. The molecule has 0 spiro atoms. The lowest BCUT2D eigenvalue weighted by Crippen LogP contribution is -2.24. The number of hydrogen-bond acceptors (Lipinski definition) is 7. The van der Waals surface area contributed by atoms with Gasteiger partial charge in [0.15, 0.2) is 11.5 Å². The second-order valence-electron chi connectivity index (χ2n) is 5.58. The zero-order valence-corrected chi connectivity index (χ0v) is 16.2. The van der Waals surface area contributed by atoms with Crippen molar-refractivity contribution in [3.63, 3.8) is 0 Å². The summed E-state index contributed by atoms with van der Waals surface area (Å²) in [5.41, 5.74) is 0.0192. The van der Waals surface area contributed by atoms with Gasteiger partial charge in [-0.3, -0.25) is 14.4 Å². The van der Waals surface area contributed by atoms with Crippen LogP contribution in [0.25, 0.3) is 0 Å². The molecule has 0 saturated heterocycles. The van der Waals surface area contributed by atoms with Crippen molar-refractivity contribution >= 4 is 17.3 Å². The fourth-order valence-electron chi connectivity index (χ4n) is 2.56. The first kappa shape index (κ1) is 21.0. The molecule has 0 aliphatic carbocycles. The van der Waals surface area contributed by atoms with Crippen LogP contribution < -0.4 is 18.9 Å². The Morgan fingerprint density at radius 2 is 1.43 bits per heavy atom. The lowest BCUT2D eigenvalue weighted by Gasteiger charge is -2.11. The summed E-state index contributed by atoms with van der Waals surface area (Å²) in [7, 11) is 2.79. The summed E-state index contributed by atoms with van der Waals surface area (Å²) in [5, 5.41) is 0. The van der Waals surface area contributed by atoms with Crippen molar-refractivity contribution in [2.75, 3.05) is 27.4 Å². The van der Waals surface area contributed by atoms with E-state index in [2.05, 4.69) is 0 Å². The number of hydrogen-bond donors (Lipinski definition) is 0. The number of benzene rings is 2. The highest BCUT2D eigenvalue weighted by molar-refractivity contribution is 6.70. The van der Waals surface area contributed by atoms with Gasteiger partial charge in [0.2, 0.25) is 11.6 Å². The van der Waals surface area contributed by atoms with Crippen molar-refractivity contribution in [2.24, 2.45) is 0 Å². The van der Waals surface area contributed by atoms with Crippen LogP contribution in [0, 0.1) is 0 Å². The van der Waals surface area contributed by atoms with Gasteiger partial charge in [0.25, 0.3) is 5.78 Å². The van der Waals surface area contributed by atoms with Crippen LogP contribution in [-0.2, 0) is 4.79 Å². The number of carbonyl (C=O) groups is 3. The van der Waals surface area contributed by atoms with E-state index in [4.69, 9.17) is 18.9 Å². The smallest absolute Gasteiger partial charge is 0.274 e. The number of ether oxygens (including phenoxy) is 4. The molecule has 0 aromatic heterocycles. The molecule has 7 nitrogen and oxygen atoms in total. The van der Waals surface area contributed by atoms with E-state index in [0.717, 1.165) is 0 Å². The first-order valence-electron chi connectivity index (χ1n) is 8.71. The molecule has 0 aliphatic heterocycles. The second kappa shape index (κ2) is 9.55. The Bertz CT molecular complexity index is 886. The van der Waals surface area contributed by atoms with Crippen molar-refractivity contribution in [1.29, 1.82) is 0 Å². The highest BCUT2D eigenvalue weighted by Gasteiger charge is 2.28. The van der Waals surface area contributed by atoms with Gasteiger partial charge in [-0.25, -0.2) is 0 Å². The molecule has 0 bridgehead atoms. The minimum absolute atomic E-state index is 0.0118. The normalized spacial score (nSPS) is 10.1. The molecule has 148 valence electrons. The summed E-state index contributed by atoms with van der Waals surface area (Å²) in [6.07, 6.45) is 0. The summed E-state index contributed by atoms with van der Waals surface area (Å²) < 4.78 is 21.1. The van der Waals surface area contributed by atoms with Crippen LogP contribution in [0.2, 0.25) is 0 Å². The minimum atomic E-state index is -1.17. The molecule has 0 heterocycles. The molecule has 0 radical (unpaired) electrons. The van der Waals surface area contributed by atoms with Gasteiger partial charge in [0.05, 0.1) is 33.0 Å². The van der Waals surface area contributed by atoms with Crippen molar-refractivity contribution < 1.29 is 33.3 Å².